The predicted octanol–water partition coefficient (Wildman–Crippen LogP) is 4.55. The number of hydrogen-bond acceptors (Lipinski definition) is 5. The maximum atomic E-state index is 5.64. The average Bonchev–Trinajstić information content (AvgIpc) is 3.23. The number of nitrogens with zero attached hydrogens (tertiary/aromatic N) is 1. The third kappa shape index (κ3) is 2.71. The van der Waals surface area contributed by atoms with Gasteiger partial charge in [-0.1, -0.05) is 0 Å². The molecule has 0 N–H and O–H groups in total. The van der Waals surface area contributed by atoms with Crippen LogP contribution in [0.2, 0.25) is 0 Å². The Morgan fingerprint density at radius 3 is 1.69 bits per heavy atom. The van der Waals surface area contributed by atoms with Gasteiger partial charge in [0.15, 0.2) is 23.0 Å². The van der Waals surface area contributed by atoms with Crippen molar-refractivity contribution >= 4 is 21.5 Å². The summed E-state index contributed by atoms with van der Waals surface area (Å²) in [6.45, 7) is 2.17. The summed E-state index contributed by atoms with van der Waals surface area (Å²) in [7, 11) is 6.76. The van der Waals surface area contributed by atoms with Crippen LogP contribution < -0.4 is 18.9 Å². The molecule has 5 rings (SSSR count). The molecule has 0 saturated carbocycles. The average molecular weight is 393 g/mol. The molecule has 1 fully saturated rings. The molecule has 29 heavy (non-hydrogen) atoms. The smallest absolute Gasteiger partial charge is 0.161 e. The van der Waals surface area contributed by atoms with Crippen LogP contribution >= 0.6 is 0 Å². The lowest BCUT2D eigenvalue weighted by Crippen LogP contribution is -2.35. The van der Waals surface area contributed by atoms with Crippen LogP contribution in [0.25, 0.3) is 21.5 Å². The zero-order valence-corrected chi connectivity index (χ0v) is 17.5. The van der Waals surface area contributed by atoms with Gasteiger partial charge in [-0.3, -0.25) is 4.90 Å². The topological polar surface area (TPSA) is 40.2 Å². The van der Waals surface area contributed by atoms with Crippen molar-refractivity contribution in [3.8, 4) is 23.0 Å². The van der Waals surface area contributed by atoms with E-state index in [0.717, 1.165) is 41.3 Å². The van der Waals surface area contributed by atoms with E-state index in [9.17, 15) is 0 Å². The Labute approximate surface area is 171 Å². The van der Waals surface area contributed by atoms with Crippen molar-refractivity contribution in [1.82, 2.24) is 4.90 Å². The van der Waals surface area contributed by atoms with Crippen molar-refractivity contribution < 1.29 is 18.9 Å². The lowest BCUT2D eigenvalue weighted by Gasteiger charge is -2.33. The molecule has 0 unspecified atom stereocenters. The fourth-order valence-corrected chi connectivity index (χ4v) is 5.22. The second-order valence-electron chi connectivity index (χ2n) is 7.93. The summed E-state index contributed by atoms with van der Waals surface area (Å²) in [6.07, 6.45) is 3.63. The van der Waals surface area contributed by atoms with Gasteiger partial charge in [-0.25, -0.2) is 0 Å². The van der Waals surface area contributed by atoms with Crippen molar-refractivity contribution in [3.63, 3.8) is 0 Å². The number of methoxy groups -OCH3 is 4. The first-order chi connectivity index (χ1) is 14.2. The highest BCUT2D eigenvalue weighted by Gasteiger charge is 2.32. The molecule has 5 nitrogen and oxygen atoms in total. The van der Waals surface area contributed by atoms with E-state index in [-0.39, 0.29) is 0 Å². The minimum atomic E-state index is 0.636. The standard InChI is InChI=1S/C24H27NO4/c1-26-21-9-16-15-8-14-6-5-7-25(14)13-20(15)19-12-24(29-4)23(28-3)11-18(19)17(16)10-22(21)27-2/h9-12,14H,5-8,13H2,1-4H3/t14-/m0/s1. The third-order valence-corrected chi connectivity index (χ3v) is 6.65. The van der Waals surface area contributed by atoms with Crippen molar-refractivity contribution in [2.24, 2.45) is 0 Å². The molecular weight excluding hydrogens is 366 g/mol. The summed E-state index contributed by atoms with van der Waals surface area (Å²) in [4.78, 5) is 2.63. The SMILES string of the molecule is COc1cc2c3c(c4cc(OC)c(OC)cc4c2cc1OC)CN1CCC[C@H]1C3. The second-order valence-corrected chi connectivity index (χ2v) is 7.93. The Balaban J connectivity index is 1.90. The van der Waals surface area contributed by atoms with Crippen LogP contribution in [0.5, 0.6) is 23.0 Å². The van der Waals surface area contributed by atoms with Crippen LogP contribution in [0.15, 0.2) is 24.3 Å². The van der Waals surface area contributed by atoms with Crippen LogP contribution in [0, 0.1) is 0 Å². The Morgan fingerprint density at radius 2 is 1.17 bits per heavy atom. The summed E-state index contributed by atoms with van der Waals surface area (Å²) in [5.41, 5.74) is 2.84. The summed E-state index contributed by atoms with van der Waals surface area (Å²) in [6, 6.07) is 9.12. The molecule has 0 bridgehead atoms. The maximum Gasteiger partial charge on any atom is 0.161 e. The lowest BCUT2D eigenvalue weighted by molar-refractivity contribution is 0.229. The molecule has 0 radical (unpaired) electrons. The summed E-state index contributed by atoms with van der Waals surface area (Å²) in [5.74, 6) is 3.03. The first kappa shape index (κ1) is 18.4. The Hall–Kier alpha value is -2.66. The van der Waals surface area contributed by atoms with Crippen LogP contribution in [0.3, 0.4) is 0 Å². The quantitative estimate of drug-likeness (QED) is 0.608. The zero-order valence-electron chi connectivity index (χ0n) is 17.5. The largest absolute Gasteiger partial charge is 0.493 e. The predicted molar refractivity (Wildman–Crippen MR) is 115 cm³/mol. The minimum Gasteiger partial charge on any atom is -0.493 e. The van der Waals surface area contributed by atoms with Crippen molar-refractivity contribution in [2.45, 2.75) is 31.8 Å². The van der Waals surface area contributed by atoms with Gasteiger partial charge in [0, 0.05) is 12.6 Å². The molecule has 1 atom stereocenters. The molecular formula is C24H27NO4. The van der Waals surface area contributed by atoms with Gasteiger partial charge < -0.3 is 18.9 Å². The van der Waals surface area contributed by atoms with E-state index >= 15 is 0 Å². The van der Waals surface area contributed by atoms with Gasteiger partial charge in [0.05, 0.1) is 28.4 Å². The van der Waals surface area contributed by atoms with Gasteiger partial charge in [-0.15, -0.1) is 0 Å². The van der Waals surface area contributed by atoms with E-state index in [2.05, 4.69) is 29.2 Å². The fraction of sp³-hybridized carbons (Fsp3) is 0.417. The van der Waals surface area contributed by atoms with Crippen molar-refractivity contribution in [1.29, 1.82) is 0 Å². The molecule has 0 aliphatic carbocycles. The molecule has 0 amide bonds. The summed E-state index contributed by atoms with van der Waals surface area (Å²) < 4.78 is 22.5. The van der Waals surface area contributed by atoms with Crippen LogP contribution in [0.4, 0.5) is 0 Å². The van der Waals surface area contributed by atoms with Crippen LogP contribution in [-0.2, 0) is 13.0 Å². The van der Waals surface area contributed by atoms with Crippen molar-refractivity contribution in [3.05, 3.63) is 35.4 Å². The van der Waals surface area contributed by atoms with Gasteiger partial charge in [-0.2, -0.15) is 0 Å². The highest BCUT2D eigenvalue weighted by atomic mass is 16.5. The molecule has 3 aromatic rings. The molecule has 0 aromatic heterocycles. The van der Waals surface area contributed by atoms with Gasteiger partial charge in [-0.05, 0) is 82.7 Å². The Kier molecular flexibility index (Phi) is 4.43. The summed E-state index contributed by atoms with van der Waals surface area (Å²) in [5, 5.41) is 4.82. The van der Waals surface area contributed by atoms with E-state index in [1.165, 1.54) is 46.7 Å². The normalized spacial score (nSPS) is 18.6. The van der Waals surface area contributed by atoms with Crippen LogP contribution in [0.1, 0.15) is 24.0 Å². The molecule has 2 aliphatic heterocycles. The minimum absolute atomic E-state index is 0.636. The van der Waals surface area contributed by atoms with E-state index < -0.39 is 0 Å². The van der Waals surface area contributed by atoms with Gasteiger partial charge in [0.1, 0.15) is 0 Å². The third-order valence-electron chi connectivity index (χ3n) is 6.65. The second kappa shape index (κ2) is 6.99. The van der Waals surface area contributed by atoms with Gasteiger partial charge >= 0.3 is 0 Å². The fourth-order valence-electron chi connectivity index (χ4n) is 5.22. The monoisotopic (exact) mass is 393 g/mol. The number of benzene rings is 3. The van der Waals surface area contributed by atoms with Crippen LogP contribution in [-0.4, -0.2) is 45.9 Å². The highest BCUT2D eigenvalue weighted by molar-refractivity contribution is 6.12. The number of hydrogen-bond donors (Lipinski definition) is 0. The molecule has 0 spiro atoms. The van der Waals surface area contributed by atoms with E-state index in [4.69, 9.17) is 18.9 Å². The Bertz CT molecular complexity index is 1020. The number of fused-ring (bicyclic) bond motifs is 7. The molecule has 1 saturated heterocycles. The molecule has 5 heteroatoms. The van der Waals surface area contributed by atoms with E-state index in [1.54, 1.807) is 28.4 Å². The number of ether oxygens (including phenoxy) is 4. The first-order valence-corrected chi connectivity index (χ1v) is 10.2. The molecule has 152 valence electrons. The highest BCUT2D eigenvalue weighted by Crippen LogP contribution is 2.46. The lowest BCUT2D eigenvalue weighted by atomic mass is 9.85. The molecule has 2 aliphatic rings. The van der Waals surface area contributed by atoms with E-state index in [1.807, 2.05) is 0 Å². The maximum absolute atomic E-state index is 5.64. The molecule has 2 heterocycles. The summed E-state index contributed by atoms with van der Waals surface area (Å²) >= 11 is 0. The van der Waals surface area contributed by atoms with E-state index in [0.29, 0.717) is 6.04 Å². The van der Waals surface area contributed by atoms with Gasteiger partial charge in [0.25, 0.3) is 0 Å². The first-order valence-electron chi connectivity index (χ1n) is 10.2. The zero-order chi connectivity index (χ0) is 20.1. The Morgan fingerprint density at radius 1 is 0.690 bits per heavy atom. The van der Waals surface area contributed by atoms with Crippen molar-refractivity contribution in [2.75, 3.05) is 35.0 Å². The van der Waals surface area contributed by atoms with Gasteiger partial charge in [0.2, 0.25) is 0 Å². The number of rotatable bonds is 4. The molecule has 3 aromatic carbocycles.